The summed E-state index contributed by atoms with van der Waals surface area (Å²) < 4.78 is 5.57. The normalized spacial score (nSPS) is 14.7. The lowest BCUT2D eigenvalue weighted by Crippen LogP contribution is -2.47. The number of likely N-dealkylation sites (tertiary alicyclic amines) is 1. The van der Waals surface area contributed by atoms with Crippen molar-refractivity contribution in [2.45, 2.75) is 39.3 Å². The highest BCUT2D eigenvalue weighted by Crippen LogP contribution is 2.22. The minimum Gasteiger partial charge on any atom is -0.484 e. The molecule has 2 amide bonds. The second-order valence-corrected chi connectivity index (χ2v) is 7.80. The monoisotopic (exact) mass is 394 g/mol. The molecular formula is C24H30N2O3. The van der Waals surface area contributed by atoms with E-state index in [0.717, 1.165) is 5.56 Å². The van der Waals surface area contributed by atoms with Crippen molar-refractivity contribution in [1.29, 1.82) is 0 Å². The Morgan fingerprint density at radius 1 is 1.00 bits per heavy atom. The van der Waals surface area contributed by atoms with E-state index in [9.17, 15) is 9.59 Å². The van der Waals surface area contributed by atoms with Gasteiger partial charge in [0.15, 0.2) is 6.61 Å². The molecule has 1 aliphatic heterocycles. The molecule has 2 aromatic carbocycles. The number of para-hydroxylation sites is 1. The highest BCUT2D eigenvalue weighted by Gasteiger charge is 2.31. The number of carbonyl (C=O) groups excluding carboxylic acids is 2. The molecule has 0 radical (unpaired) electrons. The summed E-state index contributed by atoms with van der Waals surface area (Å²) >= 11 is 0. The molecule has 0 aromatic heterocycles. The van der Waals surface area contributed by atoms with Crippen molar-refractivity contribution in [2.24, 2.45) is 5.92 Å². The predicted molar refractivity (Wildman–Crippen MR) is 113 cm³/mol. The number of benzene rings is 2. The maximum Gasteiger partial charge on any atom is 0.260 e. The number of ether oxygens (including phenoxy) is 1. The van der Waals surface area contributed by atoms with Gasteiger partial charge in [-0.05, 0) is 44.4 Å². The summed E-state index contributed by atoms with van der Waals surface area (Å²) in [5.74, 6) is 0.834. The Bertz CT molecular complexity index is 784. The Kier molecular flexibility index (Phi) is 7.28. The fraction of sp³-hybridized carbons (Fsp3) is 0.417. The number of piperidine rings is 1. The fourth-order valence-corrected chi connectivity index (χ4v) is 3.66. The number of hydrogen-bond donors (Lipinski definition) is 0. The Labute approximate surface area is 173 Å². The van der Waals surface area contributed by atoms with Gasteiger partial charge in [-0.1, -0.05) is 48.5 Å². The SMILES string of the molecule is CC(C)N(Cc1ccccc1)C(=O)C1CCN(C(=O)COc2ccccc2)CC1. The predicted octanol–water partition coefficient (Wildman–Crippen LogP) is 3.74. The van der Waals surface area contributed by atoms with Crippen LogP contribution in [0.15, 0.2) is 60.7 Å². The molecule has 0 N–H and O–H groups in total. The van der Waals surface area contributed by atoms with Crippen LogP contribution in [0.4, 0.5) is 0 Å². The molecule has 0 bridgehead atoms. The smallest absolute Gasteiger partial charge is 0.260 e. The molecular weight excluding hydrogens is 364 g/mol. The minimum atomic E-state index is -0.0276. The third kappa shape index (κ3) is 5.83. The average molecular weight is 395 g/mol. The number of hydrogen-bond acceptors (Lipinski definition) is 3. The molecule has 0 saturated carbocycles. The third-order valence-electron chi connectivity index (χ3n) is 5.40. The van der Waals surface area contributed by atoms with Crippen LogP contribution in [-0.4, -0.2) is 47.4 Å². The van der Waals surface area contributed by atoms with Crippen molar-refractivity contribution < 1.29 is 14.3 Å². The van der Waals surface area contributed by atoms with E-state index in [4.69, 9.17) is 4.74 Å². The first-order chi connectivity index (χ1) is 14.0. The quantitative estimate of drug-likeness (QED) is 0.719. The summed E-state index contributed by atoms with van der Waals surface area (Å²) in [6.45, 7) is 5.98. The van der Waals surface area contributed by atoms with Crippen molar-refractivity contribution in [3.63, 3.8) is 0 Å². The Balaban J connectivity index is 1.50. The fourth-order valence-electron chi connectivity index (χ4n) is 3.66. The summed E-state index contributed by atoms with van der Waals surface area (Å²) in [6, 6.07) is 19.6. The first-order valence-corrected chi connectivity index (χ1v) is 10.3. The van der Waals surface area contributed by atoms with Crippen LogP contribution < -0.4 is 4.74 Å². The highest BCUT2D eigenvalue weighted by atomic mass is 16.5. The van der Waals surface area contributed by atoms with Crippen molar-refractivity contribution in [3.8, 4) is 5.75 Å². The Morgan fingerprint density at radius 2 is 1.59 bits per heavy atom. The standard InChI is InChI=1S/C24H30N2O3/c1-19(2)26(17-20-9-5-3-6-10-20)24(28)21-13-15-25(16-14-21)23(27)18-29-22-11-7-4-8-12-22/h3-12,19,21H,13-18H2,1-2H3. The lowest BCUT2D eigenvalue weighted by atomic mass is 9.94. The minimum absolute atomic E-state index is 0.0234. The highest BCUT2D eigenvalue weighted by molar-refractivity contribution is 5.81. The van der Waals surface area contributed by atoms with Gasteiger partial charge in [-0.3, -0.25) is 9.59 Å². The lowest BCUT2D eigenvalue weighted by Gasteiger charge is -2.36. The van der Waals surface area contributed by atoms with E-state index in [2.05, 4.69) is 26.0 Å². The van der Waals surface area contributed by atoms with Crippen LogP contribution in [0, 0.1) is 5.92 Å². The van der Waals surface area contributed by atoms with Gasteiger partial charge in [-0.2, -0.15) is 0 Å². The third-order valence-corrected chi connectivity index (χ3v) is 5.40. The van der Waals surface area contributed by atoms with Crippen molar-refractivity contribution in [1.82, 2.24) is 9.80 Å². The molecule has 0 spiro atoms. The van der Waals surface area contributed by atoms with E-state index in [1.54, 1.807) is 0 Å². The summed E-state index contributed by atoms with van der Waals surface area (Å²) in [4.78, 5) is 29.3. The molecule has 1 aliphatic rings. The van der Waals surface area contributed by atoms with Gasteiger partial charge in [0.2, 0.25) is 5.91 Å². The molecule has 1 saturated heterocycles. The molecule has 3 rings (SSSR count). The maximum absolute atomic E-state index is 13.1. The Hall–Kier alpha value is -2.82. The number of rotatable bonds is 7. The van der Waals surface area contributed by atoms with Gasteiger partial charge in [0.25, 0.3) is 5.91 Å². The van der Waals surface area contributed by atoms with Crippen LogP contribution >= 0.6 is 0 Å². The Morgan fingerprint density at radius 3 is 2.17 bits per heavy atom. The van der Waals surface area contributed by atoms with Crippen LogP contribution in [0.25, 0.3) is 0 Å². The van der Waals surface area contributed by atoms with Gasteiger partial charge >= 0.3 is 0 Å². The summed E-state index contributed by atoms with van der Waals surface area (Å²) in [5.41, 5.74) is 1.14. The van der Waals surface area contributed by atoms with E-state index in [-0.39, 0.29) is 30.4 Å². The van der Waals surface area contributed by atoms with Crippen molar-refractivity contribution >= 4 is 11.8 Å². The molecule has 154 valence electrons. The van der Waals surface area contributed by atoms with Crippen LogP contribution in [0.1, 0.15) is 32.3 Å². The topological polar surface area (TPSA) is 49.9 Å². The average Bonchev–Trinajstić information content (AvgIpc) is 2.76. The molecule has 1 heterocycles. The second kappa shape index (κ2) is 10.1. The van der Waals surface area contributed by atoms with Gasteiger partial charge in [0.05, 0.1) is 0 Å². The lowest BCUT2D eigenvalue weighted by molar-refractivity contribution is -0.143. The zero-order valence-corrected chi connectivity index (χ0v) is 17.3. The zero-order valence-electron chi connectivity index (χ0n) is 17.3. The van der Waals surface area contributed by atoms with Crippen LogP contribution in [0.5, 0.6) is 5.75 Å². The van der Waals surface area contributed by atoms with Crippen molar-refractivity contribution in [2.75, 3.05) is 19.7 Å². The molecule has 0 atom stereocenters. The second-order valence-electron chi connectivity index (χ2n) is 7.80. The largest absolute Gasteiger partial charge is 0.484 e. The van der Waals surface area contributed by atoms with Crippen LogP contribution in [0.3, 0.4) is 0 Å². The van der Waals surface area contributed by atoms with E-state index in [1.807, 2.05) is 58.3 Å². The summed E-state index contributed by atoms with van der Waals surface area (Å²) in [6.07, 6.45) is 1.40. The molecule has 29 heavy (non-hydrogen) atoms. The van der Waals surface area contributed by atoms with E-state index >= 15 is 0 Å². The molecule has 5 heteroatoms. The van der Waals surface area contributed by atoms with Gasteiger partial charge in [0, 0.05) is 31.6 Å². The van der Waals surface area contributed by atoms with Crippen LogP contribution in [0.2, 0.25) is 0 Å². The van der Waals surface area contributed by atoms with E-state index in [1.165, 1.54) is 0 Å². The summed E-state index contributed by atoms with van der Waals surface area (Å²) in [7, 11) is 0. The van der Waals surface area contributed by atoms with E-state index < -0.39 is 0 Å². The number of nitrogens with zero attached hydrogens (tertiary/aromatic N) is 2. The van der Waals surface area contributed by atoms with Crippen molar-refractivity contribution in [3.05, 3.63) is 66.2 Å². The first kappa shape index (κ1) is 20.9. The molecule has 0 aliphatic carbocycles. The van der Waals surface area contributed by atoms with E-state index in [0.29, 0.717) is 38.2 Å². The van der Waals surface area contributed by atoms with Gasteiger partial charge in [-0.15, -0.1) is 0 Å². The van der Waals surface area contributed by atoms with Crippen LogP contribution in [-0.2, 0) is 16.1 Å². The zero-order chi connectivity index (χ0) is 20.6. The van der Waals surface area contributed by atoms with Gasteiger partial charge in [-0.25, -0.2) is 0 Å². The van der Waals surface area contributed by atoms with Gasteiger partial charge < -0.3 is 14.5 Å². The molecule has 1 fully saturated rings. The maximum atomic E-state index is 13.1. The first-order valence-electron chi connectivity index (χ1n) is 10.3. The van der Waals surface area contributed by atoms with Gasteiger partial charge in [0.1, 0.15) is 5.75 Å². The molecule has 2 aromatic rings. The molecule has 5 nitrogen and oxygen atoms in total. The summed E-state index contributed by atoms with van der Waals surface area (Å²) in [5, 5.41) is 0. The number of carbonyl (C=O) groups is 2. The molecule has 0 unspecified atom stereocenters. The number of amides is 2.